The average molecular weight is 1370 g/mol. The van der Waals surface area contributed by atoms with Crippen molar-refractivity contribution in [3.8, 4) is 0 Å². The normalized spacial score (nSPS) is 16.3. The molecular formula is C68H110Cl4N12O4S2. The number of hydrogen-bond donors (Lipinski definition) is 6. The van der Waals surface area contributed by atoms with Gasteiger partial charge in [-0.2, -0.15) is 0 Å². The summed E-state index contributed by atoms with van der Waals surface area (Å²) in [4.78, 5) is 14.8. The molecule has 2 heterocycles. The zero-order valence-electron chi connectivity index (χ0n) is 55.9. The molecule has 16 nitrogen and oxygen atoms in total. The predicted molar refractivity (Wildman–Crippen MR) is 379 cm³/mol. The zero-order valence-corrected chi connectivity index (χ0v) is 60.6. The Morgan fingerprint density at radius 1 is 0.456 bits per heavy atom. The van der Waals surface area contributed by atoms with Gasteiger partial charge in [0.15, 0.2) is 0 Å². The number of likely N-dealkylation sites (N-methyl/N-ethyl adjacent to an activating group) is 2. The molecule has 4 aromatic carbocycles. The van der Waals surface area contributed by atoms with Crippen LogP contribution in [0.15, 0.2) is 82.6 Å². The van der Waals surface area contributed by atoms with Crippen LogP contribution in [0.2, 0.25) is 20.1 Å². The van der Waals surface area contributed by atoms with Gasteiger partial charge in [-0.25, -0.2) is 26.3 Å². The van der Waals surface area contributed by atoms with Crippen LogP contribution in [0.4, 0.5) is 0 Å². The lowest BCUT2D eigenvalue weighted by molar-refractivity contribution is 0.198. The fourth-order valence-electron chi connectivity index (χ4n) is 12.1. The number of fused-ring (bicyclic) bond motifs is 2. The number of nitrogens with one attached hydrogen (secondary N) is 6. The van der Waals surface area contributed by atoms with Crippen LogP contribution in [0.1, 0.15) is 139 Å². The highest BCUT2D eigenvalue weighted by Crippen LogP contribution is 2.40. The maximum atomic E-state index is 14.1. The third-order valence-corrected chi connectivity index (χ3v) is 21.1. The van der Waals surface area contributed by atoms with E-state index in [0.717, 1.165) is 190 Å². The Labute approximate surface area is 563 Å². The summed E-state index contributed by atoms with van der Waals surface area (Å²) in [5.74, 6) is -0.0515. The van der Waals surface area contributed by atoms with Crippen LogP contribution in [-0.2, 0) is 33.1 Å². The first kappa shape index (κ1) is 76.5. The van der Waals surface area contributed by atoms with E-state index in [1.807, 2.05) is 42.5 Å². The molecule has 506 valence electrons. The monoisotopic (exact) mass is 1360 g/mol. The number of hydrogen-bond acceptors (Lipinski definition) is 14. The van der Waals surface area contributed by atoms with Gasteiger partial charge in [0.2, 0.25) is 20.0 Å². The zero-order chi connectivity index (χ0) is 65.5. The first-order chi connectivity index (χ1) is 42.7. The Balaban J connectivity index is 0.999. The summed E-state index contributed by atoms with van der Waals surface area (Å²) in [6.07, 6.45) is 6.40. The minimum absolute atomic E-state index is 0.00782. The van der Waals surface area contributed by atoms with E-state index in [9.17, 15) is 16.8 Å². The Hall–Kier alpha value is -2.54. The summed E-state index contributed by atoms with van der Waals surface area (Å²) in [7, 11) is -3.42. The van der Waals surface area contributed by atoms with Crippen molar-refractivity contribution in [2.24, 2.45) is 0 Å². The second-order valence-electron chi connectivity index (χ2n) is 27.0. The third kappa shape index (κ3) is 26.2. The van der Waals surface area contributed by atoms with E-state index < -0.39 is 20.0 Å². The van der Waals surface area contributed by atoms with Gasteiger partial charge in [-0.15, -0.1) is 0 Å². The SMILES string of the molecule is CCCCNCCN(CCNC(C)(C)C)CCN(CCCCCNCCN(CCNC(C)(C)C)CCN(CCC)CCNS(=O)(=O)c1ccc(C2CN(C)Cc3c(Cl)cc(Cl)cc32)cc1)CCNS(=O)(=O)c1cccc(C2CN(C)Cc3c(Cl)cc(Cl)cc32)c1. The van der Waals surface area contributed by atoms with Crippen LogP contribution in [0.5, 0.6) is 0 Å². The highest BCUT2D eigenvalue weighted by Gasteiger charge is 2.30. The van der Waals surface area contributed by atoms with Gasteiger partial charge in [0.1, 0.15) is 0 Å². The molecule has 6 rings (SSSR count). The van der Waals surface area contributed by atoms with Crippen molar-refractivity contribution in [2.45, 2.75) is 140 Å². The van der Waals surface area contributed by atoms with Crippen molar-refractivity contribution in [3.63, 3.8) is 0 Å². The van der Waals surface area contributed by atoms with E-state index in [0.29, 0.717) is 52.8 Å². The number of benzene rings is 4. The number of sulfonamides is 2. The van der Waals surface area contributed by atoms with Crippen LogP contribution in [0.25, 0.3) is 0 Å². The van der Waals surface area contributed by atoms with Gasteiger partial charge in [0, 0.05) is 174 Å². The molecular weight excluding hydrogens is 1250 g/mol. The highest BCUT2D eigenvalue weighted by molar-refractivity contribution is 7.89. The Morgan fingerprint density at radius 3 is 1.39 bits per heavy atom. The second-order valence-corrected chi connectivity index (χ2v) is 32.2. The van der Waals surface area contributed by atoms with Crippen LogP contribution >= 0.6 is 46.4 Å². The molecule has 90 heavy (non-hydrogen) atoms. The molecule has 0 aromatic heterocycles. The van der Waals surface area contributed by atoms with Crippen LogP contribution in [0, 0.1) is 0 Å². The molecule has 0 bridgehead atoms. The lowest BCUT2D eigenvalue weighted by Gasteiger charge is -2.33. The Bertz CT molecular complexity index is 3030. The van der Waals surface area contributed by atoms with E-state index in [4.69, 9.17) is 46.4 Å². The van der Waals surface area contributed by atoms with Crippen LogP contribution < -0.4 is 30.7 Å². The summed E-state index contributed by atoms with van der Waals surface area (Å²) >= 11 is 26.3. The first-order valence-electron chi connectivity index (χ1n) is 33.1. The van der Waals surface area contributed by atoms with E-state index in [-0.39, 0.29) is 32.7 Å². The molecule has 2 aliphatic rings. The molecule has 6 N–H and O–H groups in total. The quantitative estimate of drug-likeness (QED) is 0.0233. The summed E-state index contributed by atoms with van der Waals surface area (Å²) in [6.45, 7) is 36.7. The third-order valence-electron chi connectivity index (χ3n) is 17.0. The molecule has 0 saturated heterocycles. The highest BCUT2D eigenvalue weighted by atomic mass is 35.5. The Kier molecular flexibility index (Phi) is 32.0. The van der Waals surface area contributed by atoms with Crippen molar-refractivity contribution in [1.82, 2.24) is 60.1 Å². The summed E-state index contributed by atoms with van der Waals surface area (Å²) in [5, 5.41) is 17.2. The lowest BCUT2D eigenvalue weighted by atomic mass is 9.85. The molecule has 0 saturated carbocycles. The van der Waals surface area contributed by atoms with Crippen molar-refractivity contribution in [3.05, 3.63) is 126 Å². The van der Waals surface area contributed by atoms with Gasteiger partial charge in [-0.3, -0.25) is 9.80 Å². The second kappa shape index (κ2) is 37.7. The van der Waals surface area contributed by atoms with Crippen LogP contribution in [0.3, 0.4) is 0 Å². The first-order valence-corrected chi connectivity index (χ1v) is 37.5. The fourth-order valence-corrected chi connectivity index (χ4v) is 15.3. The number of unbranched alkanes of at least 4 members (excludes halogenated alkanes) is 3. The molecule has 2 unspecified atom stereocenters. The molecule has 0 radical (unpaired) electrons. The van der Waals surface area contributed by atoms with Crippen LogP contribution in [-0.4, -0.2) is 215 Å². The topological polar surface area (TPSA) is 160 Å². The maximum Gasteiger partial charge on any atom is 0.240 e. The van der Waals surface area contributed by atoms with Crippen molar-refractivity contribution in [2.75, 3.05) is 158 Å². The predicted octanol–water partition coefficient (Wildman–Crippen LogP) is 10.3. The summed E-state index contributed by atoms with van der Waals surface area (Å²) in [5.41, 5.74) is 6.19. The van der Waals surface area contributed by atoms with Crippen molar-refractivity contribution >= 4 is 66.5 Å². The molecule has 4 aromatic rings. The molecule has 2 atom stereocenters. The number of rotatable bonds is 41. The average Bonchev–Trinajstić information content (AvgIpc) is 0.828. The molecule has 0 aliphatic carbocycles. The van der Waals surface area contributed by atoms with Crippen molar-refractivity contribution < 1.29 is 16.8 Å². The number of halogens is 4. The molecule has 22 heteroatoms. The fraction of sp³-hybridized carbons (Fsp3) is 0.647. The van der Waals surface area contributed by atoms with E-state index in [1.54, 1.807) is 30.3 Å². The molecule has 0 amide bonds. The Morgan fingerprint density at radius 2 is 0.900 bits per heavy atom. The largest absolute Gasteiger partial charge is 0.315 e. The standard InChI is InChI=1S/C68H110Cl4N12O4S2/c1-11-13-24-73-26-34-84(37-29-76-68(6,7)8)43-41-82(39-31-78-90(87,88)58-19-17-18-54(44-58)62-50-80(10)52-64-60(62)46-56(70)48-66(64)72)33-16-14-15-25-74-27-35-83(36-28-75-67(3,4)5)42-40-81(32-12-2)38-30-77-89(85,86)57-22-20-53(21-23-57)61-49-79(9)51-63-59(61)45-55(69)47-65(63)71/h17-23,44-48,61-62,73-78H,11-16,24-43,49-52H2,1-10H3. The minimum atomic E-state index is -3.81. The number of nitrogens with zero attached hydrogens (tertiary/aromatic N) is 6. The van der Waals surface area contributed by atoms with Gasteiger partial charge in [0.25, 0.3) is 0 Å². The van der Waals surface area contributed by atoms with Gasteiger partial charge in [-0.1, -0.05) is 97.4 Å². The molecule has 0 spiro atoms. The van der Waals surface area contributed by atoms with Gasteiger partial charge >= 0.3 is 0 Å². The minimum Gasteiger partial charge on any atom is -0.315 e. The summed E-state index contributed by atoms with van der Waals surface area (Å²) in [6, 6.07) is 22.1. The van der Waals surface area contributed by atoms with Gasteiger partial charge < -0.3 is 40.9 Å². The van der Waals surface area contributed by atoms with E-state index in [2.05, 4.69) is 130 Å². The van der Waals surface area contributed by atoms with E-state index >= 15 is 0 Å². The smallest absolute Gasteiger partial charge is 0.240 e. The maximum absolute atomic E-state index is 14.1. The molecule has 2 aliphatic heterocycles. The molecule has 0 fully saturated rings. The van der Waals surface area contributed by atoms with E-state index in [1.165, 1.54) is 6.42 Å². The summed E-state index contributed by atoms with van der Waals surface area (Å²) < 4.78 is 61.3. The lowest BCUT2D eigenvalue weighted by Crippen LogP contribution is -2.46. The van der Waals surface area contributed by atoms with Gasteiger partial charge in [0.05, 0.1) is 9.79 Å². The van der Waals surface area contributed by atoms with Gasteiger partial charge in [-0.05, 0) is 189 Å². The van der Waals surface area contributed by atoms with Crippen molar-refractivity contribution in [1.29, 1.82) is 0 Å².